The summed E-state index contributed by atoms with van der Waals surface area (Å²) in [5.41, 5.74) is 0. The summed E-state index contributed by atoms with van der Waals surface area (Å²) in [5, 5.41) is 0. The van der Waals surface area contributed by atoms with Crippen LogP contribution < -0.4 is 0 Å². The Morgan fingerprint density at radius 3 is 1.09 bits per heavy atom. The summed E-state index contributed by atoms with van der Waals surface area (Å²) in [4.78, 5) is 0. The molecule has 0 spiro atoms. The zero-order valence-corrected chi connectivity index (χ0v) is 17.5. The highest BCUT2D eigenvalue weighted by Gasteiger charge is 1.97. The highest BCUT2D eigenvalue weighted by molar-refractivity contribution is 8.77. The van der Waals surface area contributed by atoms with Crippen molar-refractivity contribution in [1.29, 1.82) is 0 Å². The number of hydrogen-bond acceptors (Lipinski definition) is 6. The molecule has 0 rings (SSSR count). The Bertz CT molecular complexity index is 265. The summed E-state index contributed by atoms with van der Waals surface area (Å²) < 4.78 is 38.1. The standard InChI is InChI=1S/C12H26O4S6/c13-21(14)11-5-3-9-19-17-7-1-2-8-18-20-10-4-6-12-22(15)16/h1-12H2,(H,13,14)(H,15,16). The second kappa shape index (κ2) is 19.0. The van der Waals surface area contributed by atoms with Crippen LogP contribution in [-0.2, 0) is 22.2 Å². The van der Waals surface area contributed by atoms with E-state index < -0.39 is 22.2 Å². The molecule has 0 aromatic heterocycles. The van der Waals surface area contributed by atoms with Crippen molar-refractivity contribution in [3.8, 4) is 0 Å². The van der Waals surface area contributed by atoms with Gasteiger partial charge in [-0.25, -0.2) is 8.42 Å². The Labute approximate surface area is 155 Å². The molecule has 2 N–H and O–H groups in total. The molecule has 0 aliphatic heterocycles. The second-order valence-electron chi connectivity index (χ2n) is 4.46. The summed E-state index contributed by atoms with van der Waals surface area (Å²) in [6.07, 6.45) is 6.16. The van der Waals surface area contributed by atoms with Crippen LogP contribution in [0.2, 0.25) is 0 Å². The Kier molecular flexibility index (Phi) is 20.3. The van der Waals surface area contributed by atoms with Gasteiger partial charge in [0.1, 0.15) is 0 Å². The average molecular weight is 427 g/mol. The van der Waals surface area contributed by atoms with Crippen molar-refractivity contribution in [3.63, 3.8) is 0 Å². The van der Waals surface area contributed by atoms with Gasteiger partial charge in [0.05, 0.1) is 0 Å². The lowest BCUT2D eigenvalue weighted by Gasteiger charge is -2.02. The molecule has 0 aliphatic rings. The maximum Gasteiger partial charge on any atom is 0.152 e. The molecule has 0 aromatic carbocycles. The Morgan fingerprint density at radius 1 is 0.545 bits per heavy atom. The fraction of sp³-hybridized carbons (Fsp3) is 1.00. The van der Waals surface area contributed by atoms with Gasteiger partial charge in [-0.05, 0) is 38.5 Å². The van der Waals surface area contributed by atoms with E-state index in [9.17, 15) is 8.42 Å². The van der Waals surface area contributed by atoms with E-state index in [2.05, 4.69) is 0 Å². The van der Waals surface area contributed by atoms with Crippen LogP contribution in [0, 0.1) is 0 Å². The van der Waals surface area contributed by atoms with Crippen molar-refractivity contribution in [2.75, 3.05) is 34.5 Å². The molecular weight excluding hydrogens is 401 g/mol. The molecular formula is C12H26O4S6. The SMILES string of the molecule is O=S(O)CCCCSSCCCCSSCCCCS(=O)O. The van der Waals surface area contributed by atoms with Gasteiger partial charge in [0, 0.05) is 34.5 Å². The van der Waals surface area contributed by atoms with E-state index in [1.165, 1.54) is 24.3 Å². The third-order valence-electron chi connectivity index (χ3n) is 2.47. The third kappa shape index (κ3) is 21.6. The average Bonchev–Trinajstić information content (AvgIpc) is 2.46. The molecule has 0 aromatic rings. The van der Waals surface area contributed by atoms with Gasteiger partial charge in [-0.15, -0.1) is 0 Å². The Hall–Kier alpha value is 1.62. The van der Waals surface area contributed by atoms with Crippen molar-refractivity contribution >= 4 is 65.3 Å². The third-order valence-corrected chi connectivity index (χ3v) is 8.90. The topological polar surface area (TPSA) is 74.6 Å². The van der Waals surface area contributed by atoms with Gasteiger partial charge in [-0.1, -0.05) is 43.2 Å². The van der Waals surface area contributed by atoms with E-state index in [4.69, 9.17) is 9.11 Å². The normalized spacial score (nSPS) is 14.1. The van der Waals surface area contributed by atoms with Crippen LogP contribution in [0.3, 0.4) is 0 Å². The minimum atomic E-state index is -1.63. The minimum Gasteiger partial charge on any atom is -0.306 e. The molecule has 2 unspecified atom stereocenters. The predicted molar refractivity (Wildman–Crippen MR) is 109 cm³/mol. The zero-order valence-electron chi connectivity index (χ0n) is 12.6. The molecule has 0 heterocycles. The van der Waals surface area contributed by atoms with E-state index in [0.29, 0.717) is 11.5 Å². The van der Waals surface area contributed by atoms with Gasteiger partial charge in [-0.3, -0.25) is 0 Å². The molecule has 134 valence electrons. The maximum absolute atomic E-state index is 10.4. The van der Waals surface area contributed by atoms with Gasteiger partial charge in [-0.2, -0.15) is 0 Å². The smallest absolute Gasteiger partial charge is 0.152 e. The van der Waals surface area contributed by atoms with Crippen molar-refractivity contribution < 1.29 is 17.5 Å². The van der Waals surface area contributed by atoms with Gasteiger partial charge in [0.25, 0.3) is 0 Å². The molecule has 0 bridgehead atoms. The van der Waals surface area contributed by atoms with E-state index in [-0.39, 0.29) is 0 Å². The first kappa shape index (κ1) is 23.6. The van der Waals surface area contributed by atoms with E-state index in [1.807, 2.05) is 43.2 Å². The first-order valence-electron chi connectivity index (χ1n) is 7.26. The van der Waals surface area contributed by atoms with Crippen LogP contribution in [0.5, 0.6) is 0 Å². The first-order chi connectivity index (χ1) is 10.6. The molecule has 0 fully saturated rings. The maximum atomic E-state index is 10.4. The van der Waals surface area contributed by atoms with Crippen molar-refractivity contribution in [2.24, 2.45) is 0 Å². The van der Waals surface area contributed by atoms with Crippen molar-refractivity contribution in [3.05, 3.63) is 0 Å². The summed E-state index contributed by atoms with van der Waals surface area (Å²) >= 11 is -3.26. The summed E-state index contributed by atoms with van der Waals surface area (Å²) in [6.45, 7) is 0. The van der Waals surface area contributed by atoms with Crippen LogP contribution in [0.25, 0.3) is 0 Å². The van der Waals surface area contributed by atoms with Crippen LogP contribution >= 0.6 is 43.2 Å². The zero-order chi connectivity index (χ0) is 16.5. The first-order valence-corrected chi connectivity index (χ1v) is 14.8. The van der Waals surface area contributed by atoms with Crippen LogP contribution in [-0.4, -0.2) is 52.0 Å². The second-order valence-corrected chi connectivity index (χ2v) is 12.0. The number of unbranched alkanes of at least 4 members (excludes halogenated alkanes) is 3. The highest BCUT2D eigenvalue weighted by Crippen LogP contribution is 2.26. The van der Waals surface area contributed by atoms with Crippen LogP contribution in [0.4, 0.5) is 0 Å². The van der Waals surface area contributed by atoms with Crippen molar-refractivity contribution in [1.82, 2.24) is 0 Å². The molecule has 0 saturated carbocycles. The highest BCUT2D eigenvalue weighted by atomic mass is 33.1. The van der Waals surface area contributed by atoms with Crippen molar-refractivity contribution in [2.45, 2.75) is 38.5 Å². The number of hydrogen-bond donors (Lipinski definition) is 2. The Balaban J connectivity index is 2.99. The largest absolute Gasteiger partial charge is 0.306 e. The van der Waals surface area contributed by atoms with E-state index in [1.54, 1.807) is 0 Å². The van der Waals surface area contributed by atoms with E-state index in [0.717, 1.165) is 37.2 Å². The van der Waals surface area contributed by atoms with Gasteiger partial charge in [0.15, 0.2) is 22.2 Å². The lowest BCUT2D eigenvalue weighted by Crippen LogP contribution is -1.94. The predicted octanol–water partition coefficient (Wildman–Crippen LogP) is 4.53. The molecule has 0 saturated heterocycles. The summed E-state index contributed by atoms with van der Waals surface area (Å²) in [7, 11) is 7.53. The molecule has 0 amide bonds. The lowest BCUT2D eigenvalue weighted by atomic mass is 10.4. The summed E-state index contributed by atoms with van der Waals surface area (Å²) in [5.74, 6) is 5.26. The fourth-order valence-electron chi connectivity index (χ4n) is 1.33. The molecule has 0 aliphatic carbocycles. The molecule has 0 radical (unpaired) electrons. The minimum absolute atomic E-state index is 0.401. The van der Waals surface area contributed by atoms with Gasteiger partial charge in [0.2, 0.25) is 0 Å². The molecule has 22 heavy (non-hydrogen) atoms. The summed E-state index contributed by atoms with van der Waals surface area (Å²) in [6, 6.07) is 0. The molecule has 4 nitrogen and oxygen atoms in total. The molecule has 10 heteroatoms. The lowest BCUT2D eigenvalue weighted by molar-refractivity contribution is 0.560. The quantitative estimate of drug-likeness (QED) is 0.200. The number of rotatable bonds is 17. The van der Waals surface area contributed by atoms with Gasteiger partial charge >= 0.3 is 0 Å². The Morgan fingerprint density at radius 2 is 0.818 bits per heavy atom. The van der Waals surface area contributed by atoms with E-state index >= 15 is 0 Å². The fourth-order valence-corrected chi connectivity index (χ4v) is 6.82. The molecule has 2 atom stereocenters. The van der Waals surface area contributed by atoms with Crippen LogP contribution in [0.15, 0.2) is 0 Å². The van der Waals surface area contributed by atoms with Crippen LogP contribution in [0.1, 0.15) is 38.5 Å². The monoisotopic (exact) mass is 426 g/mol. The van der Waals surface area contributed by atoms with Gasteiger partial charge < -0.3 is 9.11 Å².